The lowest BCUT2D eigenvalue weighted by molar-refractivity contribution is 0.239. The van der Waals surface area contributed by atoms with Crippen molar-refractivity contribution in [2.75, 3.05) is 40.3 Å². The van der Waals surface area contributed by atoms with Gasteiger partial charge in [-0.2, -0.15) is 0 Å². The first-order valence-corrected chi connectivity index (χ1v) is 10.4. The van der Waals surface area contributed by atoms with Crippen molar-refractivity contribution in [3.05, 3.63) is 42.0 Å². The van der Waals surface area contributed by atoms with Gasteiger partial charge in [0.1, 0.15) is 17.9 Å². The van der Waals surface area contributed by atoms with Gasteiger partial charge in [0, 0.05) is 38.7 Å². The lowest BCUT2D eigenvalue weighted by Gasteiger charge is -2.30. The summed E-state index contributed by atoms with van der Waals surface area (Å²) in [7, 11) is 3.54. The standard InChI is InChI=1S/C21H33N7O.HI/c1-4-20-26-25-16-28(20)14-11-23-21(22-2)24-15-18(27-12-7-8-13-27)17-9-5-6-10-19(17)29-3;/h5-6,9-10,16,18H,4,7-8,11-15H2,1-3H3,(H2,22,23,24);1H. The van der Waals surface area contributed by atoms with Crippen molar-refractivity contribution in [3.63, 3.8) is 0 Å². The van der Waals surface area contributed by atoms with Gasteiger partial charge in [0.25, 0.3) is 0 Å². The van der Waals surface area contributed by atoms with E-state index in [9.17, 15) is 0 Å². The molecule has 0 saturated carbocycles. The fourth-order valence-corrected chi connectivity index (χ4v) is 3.88. The third-order valence-corrected chi connectivity index (χ3v) is 5.42. The number of guanidine groups is 1. The molecule has 2 heterocycles. The van der Waals surface area contributed by atoms with Crippen molar-refractivity contribution in [3.8, 4) is 5.75 Å². The lowest BCUT2D eigenvalue weighted by atomic mass is 10.0. The van der Waals surface area contributed by atoms with E-state index in [2.05, 4.69) is 54.3 Å². The van der Waals surface area contributed by atoms with Crippen LogP contribution in [0.5, 0.6) is 5.75 Å². The molecule has 8 nitrogen and oxygen atoms in total. The molecule has 1 atom stereocenters. The van der Waals surface area contributed by atoms with Gasteiger partial charge in [-0.15, -0.1) is 34.2 Å². The van der Waals surface area contributed by atoms with Gasteiger partial charge in [0.05, 0.1) is 13.2 Å². The van der Waals surface area contributed by atoms with Crippen LogP contribution in [0.1, 0.15) is 37.2 Å². The van der Waals surface area contributed by atoms with Crippen LogP contribution in [0.2, 0.25) is 0 Å². The summed E-state index contributed by atoms with van der Waals surface area (Å²) in [6.45, 7) is 6.65. The summed E-state index contributed by atoms with van der Waals surface area (Å²) >= 11 is 0. The van der Waals surface area contributed by atoms with E-state index in [4.69, 9.17) is 4.74 Å². The van der Waals surface area contributed by atoms with Crippen LogP contribution in [0, 0.1) is 0 Å². The summed E-state index contributed by atoms with van der Waals surface area (Å²) in [5, 5.41) is 15.0. The Morgan fingerprint density at radius 2 is 2.00 bits per heavy atom. The van der Waals surface area contributed by atoms with Gasteiger partial charge in [-0.25, -0.2) is 0 Å². The van der Waals surface area contributed by atoms with Crippen LogP contribution in [0.15, 0.2) is 35.6 Å². The molecule has 0 radical (unpaired) electrons. The number of likely N-dealkylation sites (tertiary alicyclic amines) is 1. The Kier molecular flexibility index (Phi) is 10.4. The van der Waals surface area contributed by atoms with Crippen LogP contribution < -0.4 is 15.4 Å². The van der Waals surface area contributed by atoms with Crippen molar-refractivity contribution in [2.45, 2.75) is 38.8 Å². The molecule has 0 amide bonds. The number of aromatic nitrogens is 3. The summed E-state index contributed by atoms with van der Waals surface area (Å²) in [5.74, 6) is 2.74. The van der Waals surface area contributed by atoms with Crippen molar-refractivity contribution in [1.82, 2.24) is 30.3 Å². The van der Waals surface area contributed by atoms with E-state index in [1.165, 1.54) is 18.4 Å². The van der Waals surface area contributed by atoms with Gasteiger partial charge in [-0.1, -0.05) is 25.1 Å². The van der Waals surface area contributed by atoms with Gasteiger partial charge in [-0.05, 0) is 32.0 Å². The molecule has 0 aliphatic carbocycles. The second kappa shape index (κ2) is 12.7. The topological polar surface area (TPSA) is 79.6 Å². The number of aliphatic imine (C=N–C) groups is 1. The smallest absolute Gasteiger partial charge is 0.191 e. The maximum absolute atomic E-state index is 5.63. The fraction of sp³-hybridized carbons (Fsp3) is 0.571. The number of methoxy groups -OCH3 is 1. The Bertz CT molecular complexity index is 789. The fourth-order valence-electron chi connectivity index (χ4n) is 3.88. The average molecular weight is 527 g/mol. The molecule has 1 fully saturated rings. The SMILES string of the molecule is CCc1nncn1CCNC(=NC)NCC(c1ccccc1OC)N1CCCC1.I. The predicted octanol–water partition coefficient (Wildman–Crippen LogP) is 2.47. The Balaban J connectivity index is 0.00000320. The minimum Gasteiger partial charge on any atom is -0.496 e. The minimum absolute atomic E-state index is 0. The molecule has 1 aliphatic rings. The Hall–Kier alpha value is -1.88. The number of para-hydroxylation sites is 1. The van der Waals surface area contributed by atoms with E-state index in [0.29, 0.717) is 0 Å². The second-order valence-electron chi connectivity index (χ2n) is 7.17. The van der Waals surface area contributed by atoms with Gasteiger partial charge >= 0.3 is 0 Å². The highest BCUT2D eigenvalue weighted by molar-refractivity contribution is 14.0. The molecule has 1 aromatic carbocycles. The summed E-state index contributed by atoms with van der Waals surface area (Å²) in [4.78, 5) is 6.92. The van der Waals surface area contributed by atoms with Crippen LogP contribution in [-0.4, -0.2) is 66.0 Å². The quantitative estimate of drug-likeness (QED) is 0.297. The molecule has 2 N–H and O–H groups in total. The number of nitrogens with zero attached hydrogens (tertiary/aromatic N) is 5. The number of halogens is 1. The Morgan fingerprint density at radius 1 is 1.23 bits per heavy atom. The van der Waals surface area contributed by atoms with Crippen LogP contribution in [0.25, 0.3) is 0 Å². The van der Waals surface area contributed by atoms with Crippen molar-refractivity contribution >= 4 is 29.9 Å². The van der Waals surface area contributed by atoms with E-state index in [1.54, 1.807) is 20.5 Å². The summed E-state index contributed by atoms with van der Waals surface area (Å²) in [5.41, 5.74) is 1.22. The zero-order valence-electron chi connectivity index (χ0n) is 18.2. The molecule has 1 aliphatic heterocycles. The molecule has 9 heteroatoms. The van der Waals surface area contributed by atoms with Gasteiger partial charge in [0.15, 0.2) is 5.96 Å². The molecule has 3 rings (SSSR count). The normalized spacial score (nSPS) is 15.5. The third-order valence-electron chi connectivity index (χ3n) is 5.42. The van der Waals surface area contributed by atoms with Crippen LogP contribution >= 0.6 is 24.0 Å². The first-order valence-electron chi connectivity index (χ1n) is 10.4. The number of ether oxygens (including phenoxy) is 1. The van der Waals surface area contributed by atoms with Crippen molar-refractivity contribution in [1.29, 1.82) is 0 Å². The van der Waals surface area contributed by atoms with E-state index in [0.717, 1.165) is 56.7 Å². The maximum Gasteiger partial charge on any atom is 0.191 e. The summed E-state index contributed by atoms with van der Waals surface area (Å²) < 4.78 is 7.70. The minimum atomic E-state index is 0. The largest absolute Gasteiger partial charge is 0.496 e. The summed E-state index contributed by atoms with van der Waals surface area (Å²) in [6.07, 6.45) is 5.15. The monoisotopic (exact) mass is 527 g/mol. The zero-order chi connectivity index (χ0) is 20.5. The van der Waals surface area contributed by atoms with Gasteiger partial charge in [0.2, 0.25) is 0 Å². The number of benzene rings is 1. The number of hydrogen-bond acceptors (Lipinski definition) is 5. The second-order valence-corrected chi connectivity index (χ2v) is 7.17. The molecule has 2 aromatic rings. The highest BCUT2D eigenvalue weighted by atomic mass is 127. The molecular weight excluding hydrogens is 493 g/mol. The van der Waals surface area contributed by atoms with Gasteiger partial charge < -0.3 is 19.9 Å². The number of aryl methyl sites for hydroxylation is 1. The van der Waals surface area contributed by atoms with E-state index < -0.39 is 0 Å². The average Bonchev–Trinajstić information content (AvgIpc) is 3.45. The molecule has 1 saturated heterocycles. The first-order chi connectivity index (χ1) is 14.3. The Morgan fingerprint density at radius 3 is 2.70 bits per heavy atom. The third kappa shape index (κ3) is 6.31. The maximum atomic E-state index is 5.63. The number of hydrogen-bond donors (Lipinski definition) is 2. The predicted molar refractivity (Wildman–Crippen MR) is 131 cm³/mol. The summed E-state index contributed by atoms with van der Waals surface area (Å²) in [6, 6.07) is 8.55. The molecular formula is C21H34IN7O. The molecule has 0 spiro atoms. The molecule has 0 bridgehead atoms. The van der Waals surface area contributed by atoms with E-state index >= 15 is 0 Å². The zero-order valence-corrected chi connectivity index (χ0v) is 20.5. The Labute approximate surface area is 196 Å². The number of rotatable bonds is 9. The highest BCUT2D eigenvalue weighted by Gasteiger charge is 2.26. The van der Waals surface area contributed by atoms with E-state index in [1.807, 2.05) is 12.1 Å². The highest BCUT2D eigenvalue weighted by Crippen LogP contribution is 2.31. The van der Waals surface area contributed by atoms with Crippen LogP contribution in [0.4, 0.5) is 0 Å². The van der Waals surface area contributed by atoms with Gasteiger partial charge in [-0.3, -0.25) is 9.89 Å². The van der Waals surface area contributed by atoms with Crippen LogP contribution in [-0.2, 0) is 13.0 Å². The molecule has 30 heavy (non-hydrogen) atoms. The first kappa shape index (κ1) is 24.4. The van der Waals surface area contributed by atoms with E-state index in [-0.39, 0.29) is 30.0 Å². The van der Waals surface area contributed by atoms with Crippen LogP contribution in [0.3, 0.4) is 0 Å². The molecule has 166 valence electrons. The lowest BCUT2D eigenvalue weighted by Crippen LogP contribution is -2.43. The number of nitrogens with one attached hydrogen (secondary N) is 2. The van der Waals surface area contributed by atoms with Crippen molar-refractivity contribution < 1.29 is 4.74 Å². The molecule has 1 unspecified atom stereocenters. The van der Waals surface area contributed by atoms with Crippen molar-refractivity contribution in [2.24, 2.45) is 4.99 Å². The molecule has 1 aromatic heterocycles.